The third kappa shape index (κ3) is 5.67. The second kappa shape index (κ2) is 11.4. The maximum atomic E-state index is 13.1. The molecule has 0 aliphatic heterocycles. The maximum Gasteiger partial charge on any atom is 0.230 e. The van der Waals surface area contributed by atoms with E-state index in [1.54, 1.807) is 11.3 Å². The number of carbonyl (C=O) groups excluding carboxylic acids is 1. The number of benzene rings is 2. The van der Waals surface area contributed by atoms with E-state index in [0.717, 1.165) is 33.9 Å². The summed E-state index contributed by atoms with van der Waals surface area (Å²) in [4.78, 5) is 17.8. The van der Waals surface area contributed by atoms with E-state index < -0.39 is 5.41 Å². The molecule has 0 aliphatic rings. The van der Waals surface area contributed by atoms with Crippen molar-refractivity contribution in [2.24, 2.45) is 0 Å². The number of para-hydroxylation sites is 1. The fourth-order valence-corrected chi connectivity index (χ4v) is 4.18. The normalized spacial score (nSPS) is 12.5. The van der Waals surface area contributed by atoms with Crippen LogP contribution in [0.1, 0.15) is 24.4 Å². The van der Waals surface area contributed by atoms with Gasteiger partial charge in [0.05, 0.1) is 20.6 Å². The molecule has 28 heavy (non-hydrogen) atoms. The van der Waals surface area contributed by atoms with Crippen LogP contribution in [-0.4, -0.2) is 30.5 Å². The molecule has 0 bridgehead atoms. The summed E-state index contributed by atoms with van der Waals surface area (Å²) in [6, 6.07) is 18.1. The molecule has 1 atom stereocenters. The molecule has 1 unspecified atom stereocenters. The zero-order chi connectivity index (χ0) is 18.4. The van der Waals surface area contributed by atoms with Gasteiger partial charge in [-0.3, -0.25) is 4.79 Å². The van der Waals surface area contributed by atoms with Crippen molar-refractivity contribution in [2.75, 3.05) is 19.6 Å². The van der Waals surface area contributed by atoms with Crippen LogP contribution in [0.3, 0.4) is 0 Å². The number of fused-ring (bicyclic) bond motifs is 1. The van der Waals surface area contributed by atoms with Crippen LogP contribution in [-0.2, 0) is 16.6 Å². The lowest BCUT2D eigenvalue weighted by Gasteiger charge is -2.28. The van der Waals surface area contributed by atoms with E-state index in [1.165, 1.54) is 0 Å². The molecular weight excluding hydrogens is 413 g/mol. The number of hydrogen-bond donors (Lipinski definition) is 2. The Morgan fingerprint density at radius 3 is 2.39 bits per heavy atom. The number of halogens is 2. The van der Waals surface area contributed by atoms with Crippen LogP contribution >= 0.6 is 36.2 Å². The van der Waals surface area contributed by atoms with Crippen LogP contribution in [0.4, 0.5) is 0 Å². The smallest absolute Gasteiger partial charge is 0.230 e. The van der Waals surface area contributed by atoms with Crippen LogP contribution in [0.15, 0.2) is 54.6 Å². The van der Waals surface area contributed by atoms with Crippen LogP contribution in [0.25, 0.3) is 10.2 Å². The van der Waals surface area contributed by atoms with Gasteiger partial charge in [-0.1, -0.05) is 49.4 Å². The second-order valence-electron chi connectivity index (χ2n) is 6.56. The number of aromatic nitrogens is 1. The van der Waals surface area contributed by atoms with Gasteiger partial charge in [0.1, 0.15) is 0 Å². The summed E-state index contributed by atoms with van der Waals surface area (Å²) in [7, 11) is 0. The first kappa shape index (κ1) is 24.4. The lowest BCUT2D eigenvalue weighted by molar-refractivity contribution is -0.126. The summed E-state index contributed by atoms with van der Waals surface area (Å²) in [6.07, 6.45) is 0.587. The van der Waals surface area contributed by atoms with Gasteiger partial charge in [-0.2, -0.15) is 0 Å². The number of carbonyl (C=O) groups is 1. The lowest BCUT2D eigenvalue weighted by Crippen LogP contribution is -2.45. The van der Waals surface area contributed by atoms with Gasteiger partial charge in [0.25, 0.3) is 0 Å². The molecule has 2 aromatic carbocycles. The van der Waals surface area contributed by atoms with Gasteiger partial charge in [0.2, 0.25) is 5.91 Å². The third-order valence-electron chi connectivity index (χ3n) is 4.59. The largest absolute Gasteiger partial charge is 0.354 e. The van der Waals surface area contributed by atoms with E-state index >= 15 is 0 Å². The van der Waals surface area contributed by atoms with Gasteiger partial charge in [-0.15, -0.1) is 36.2 Å². The van der Waals surface area contributed by atoms with Crippen molar-refractivity contribution in [2.45, 2.75) is 25.7 Å². The first-order chi connectivity index (χ1) is 12.6. The molecule has 0 saturated heterocycles. The predicted octanol–water partition coefficient (Wildman–Crippen LogP) is 4.37. The van der Waals surface area contributed by atoms with E-state index in [4.69, 9.17) is 4.98 Å². The maximum absolute atomic E-state index is 13.1. The molecule has 3 rings (SSSR count). The van der Waals surface area contributed by atoms with E-state index in [1.807, 2.05) is 55.5 Å². The number of nitrogens with one attached hydrogen (secondary N) is 2. The lowest BCUT2D eigenvalue weighted by atomic mass is 9.78. The average molecular weight is 440 g/mol. The monoisotopic (exact) mass is 439 g/mol. The minimum absolute atomic E-state index is 0. The van der Waals surface area contributed by atoms with Crippen molar-refractivity contribution in [1.29, 1.82) is 0 Å². The molecule has 152 valence electrons. The Labute approximate surface area is 183 Å². The minimum atomic E-state index is -0.651. The summed E-state index contributed by atoms with van der Waals surface area (Å²) in [6.45, 7) is 6.36. The van der Waals surface area contributed by atoms with Crippen LogP contribution < -0.4 is 10.6 Å². The van der Waals surface area contributed by atoms with Crippen LogP contribution in [0, 0.1) is 0 Å². The molecule has 0 radical (unpaired) electrons. The molecule has 0 saturated carbocycles. The molecule has 7 heteroatoms. The van der Waals surface area contributed by atoms with Crippen molar-refractivity contribution in [3.05, 3.63) is 65.2 Å². The number of nitrogens with zero attached hydrogens (tertiary/aromatic N) is 1. The Kier molecular flexibility index (Phi) is 9.90. The zero-order valence-corrected chi connectivity index (χ0v) is 18.6. The Morgan fingerprint density at radius 1 is 1.04 bits per heavy atom. The van der Waals surface area contributed by atoms with Crippen LogP contribution in [0.5, 0.6) is 0 Å². The Morgan fingerprint density at radius 2 is 1.71 bits per heavy atom. The van der Waals surface area contributed by atoms with Crippen molar-refractivity contribution >= 4 is 52.3 Å². The van der Waals surface area contributed by atoms with Gasteiger partial charge < -0.3 is 10.6 Å². The first-order valence-corrected chi connectivity index (χ1v) is 9.84. The minimum Gasteiger partial charge on any atom is -0.354 e. The van der Waals surface area contributed by atoms with E-state index in [-0.39, 0.29) is 30.7 Å². The zero-order valence-electron chi connectivity index (χ0n) is 16.1. The van der Waals surface area contributed by atoms with Crippen LogP contribution in [0.2, 0.25) is 0 Å². The van der Waals surface area contributed by atoms with Crippen molar-refractivity contribution < 1.29 is 4.79 Å². The topological polar surface area (TPSA) is 54.0 Å². The van der Waals surface area contributed by atoms with Gasteiger partial charge in [-0.05, 0) is 31.2 Å². The quantitative estimate of drug-likeness (QED) is 0.512. The summed E-state index contributed by atoms with van der Waals surface area (Å²) in [5, 5.41) is 7.31. The summed E-state index contributed by atoms with van der Waals surface area (Å²) < 4.78 is 1.16. The molecule has 0 aliphatic carbocycles. The molecule has 1 heterocycles. The molecular formula is C21H27Cl2N3OS. The molecule has 1 amide bonds. The molecule has 2 N–H and O–H groups in total. The van der Waals surface area contributed by atoms with Gasteiger partial charge in [0.15, 0.2) is 0 Å². The molecule has 3 aromatic rings. The number of amides is 1. The second-order valence-corrected chi connectivity index (χ2v) is 7.67. The fraction of sp³-hybridized carbons (Fsp3) is 0.333. The Bertz CT molecular complexity index is 839. The number of likely N-dealkylation sites (N-methyl/N-ethyl adjacent to an activating group) is 1. The van der Waals surface area contributed by atoms with Crippen molar-refractivity contribution in [3.63, 3.8) is 0 Å². The summed E-state index contributed by atoms with van der Waals surface area (Å²) >= 11 is 1.66. The van der Waals surface area contributed by atoms with E-state index in [2.05, 4.69) is 23.6 Å². The number of rotatable bonds is 8. The predicted molar refractivity (Wildman–Crippen MR) is 123 cm³/mol. The summed E-state index contributed by atoms with van der Waals surface area (Å²) in [5.74, 6) is 0.0425. The number of thiazole rings is 1. The average Bonchev–Trinajstić information content (AvgIpc) is 3.07. The molecule has 1 aromatic heterocycles. The Balaban J connectivity index is 0.00000196. The molecule has 4 nitrogen and oxygen atoms in total. The highest BCUT2D eigenvalue weighted by atomic mass is 35.5. The third-order valence-corrected chi connectivity index (χ3v) is 5.63. The van der Waals surface area contributed by atoms with Crippen molar-refractivity contribution in [1.82, 2.24) is 15.6 Å². The van der Waals surface area contributed by atoms with Gasteiger partial charge in [-0.25, -0.2) is 4.98 Å². The SMILES string of the molecule is CCNCCNC(=O)C(C)(Cc1nc2ccccc2s1)c1ccccc1.Cl.Cl. The first-order valence-electron chi connectivity index (χ1n) is 9.02. The molecule has 0 fully saturated rings. The highest BCUT2D eigenvalue weighted by molar-refractivity contribution is 7.18. The fourth-order valence-electron chi connectivity index (χ4n) is 3.05. The number of hydrogen-bond acceptors (Lipinski definition) is 4. The standard InChI is InChI=1S/C21H25N3OS.2ClH/c1-3-22-13-14-23-20(25)21(2,16-9-5-4-6-10-16)15-19-24-17-11-7-8-12-18(17)26-19;;/h4-12,22H,3,13-15H2,1-2H3,(H,23,25);2*1H. The van der Waals surface area contributed by atoms with Gasteiger partial charge in [0, 0.05) is 19.5 Å². The highest BCUT2D eigenvalue weighted by Gasteiger charge is 2.36. The Hall–Kier alpha value is -1.66. The highest BCUT2D eigenvalue weighted by Crippen LogP contribution is 2.32. The van der Waals surface area contributed by atoms with E-state index in [0.29, 0.717) is 13.0 Å². The van der Waals surface area contributed by atoms with Crippen molar-refractivity contribution in [3.8, 4) is 0 Å². The van der Waals surface area contributed by atoms with Gasteiger partial charge >= 0.3 is 0 Å². The molecule has 0 spiro atoms. The summed E-state index contributed by atoms with van der Waals surface area (Å²) in [5.41, 5.74) is 1.36. The van der Waals surface area contributed by atoms with E-state index in [9.17, 15) is 4.79 Å².